The van der Waals surface area contributed by atoms with E-state index in [0.29, 0.717) is 0 Å². The van der Waals surface area contributed by atoms with Gasteiger partial charge in [0.2, 0.25) is 0 Å². The van der Waals surface area contributed by atoms with Gasteiger partial charge in [-0.1, -0.05) is 32.1 Å². The van der Waals surface area contributed by atoms with E-state index in [1.807, 2.05) is 11.8 Å². The Bertz CT molecular complexity index is 508. The van der Waals surface area contributed by atoms with E-state index in [-0.39, 0.29) is 0 Å². The van der Waals surface area contributed by atoms with Gasteiger partial charge in [0.05, 0.1) is 0 Å². The molecule has 1 aromatic carbocycles. The second-order valence-corrected chi connectivity index (χ2v) is 6.74. The predicted octanol–water partition coefficient (Wildman–Crippen LogP) is 4.43. The topological polar surface area (TPSA) is 38.0 Å². The summed E-state index contributed by atoms with van der Waals surface area (Å²) in [7, 11) is 0. The van der Waals surface area contributed by atoms with Gasteiger partial charge in [0.1, 0.15) is 0 Å². The van der Waals surface area contributed by atoms with Crippen LogP contribution in [0.1, 0.15) is 36.8 Å². The Morgan fingerprint density at radius 3 is 2.86 bits per heavy atom. The summed E-state index contributed by atoms with van der Waals surface area (Å²) in [6, 6.07) is 6.56. The molecule has 1 aliphatic heterocycles. The molecule has 0 atom stereocenters. The second-order valence-electron chi connectivity index (χ2n) is 5.64. The van der Waals surface area contributed by atoms with Gasteiger partial charge >= 0.3 is 0 Å². The van der Waals surface area contributed by atoms with Gasteiger partial charge in [0, 0.05) is 23.6 Å². The quantitative estimate of drug-likeness (QED) is 0.663. The van der Waals surface area contributed by atoms with Crippen LogP contribution in [0.25, 0.3) is 5.57 Å². The van der Waals surface area contributed by atoms with Crippen molar-refractivity contribution in [3.63, 3.8) is 0 Å². The van der Waals surface area contributed by atoms with E-state index in [1.165, 1.54) is 47.4 Å². The molecule has 3 heteroatoms. The van der Waals surface area contributed by atoms with Crippen molar-refractivity contribution in [3.8, 4) is 0 Å². The van der Waals surface area contributed by atoms with Crippen LogP contribution in [0.3, 0.4) is 0 Å². The van der Waals surface area contributed by atoms with Crippen LogP contribution in [-0.2, 0) is 6.42 Å². The zero-order valence-electron chi connectivity index (χ0n) is 12.8. The van der Waals surface area contributed by atoms with Gasteiger partial charge in [-0.2, -0.15) is 11.8 Å². The Hall–Kier alpha value is -1.19. The monoisotopic (exact) mass is 302 g/mol. The molecule has 114 valence electrons. The van der Waals surface area contributed by atoms with Gasteiger partial charge in [0.15, 0.2) is 0 Å². The number of thioether (sulfide) groups is 1. The maximum Gasteiger partial charge on any atom is 0.0418 e. The predicted molar refractivity (Wildman–Crippen MR) is 96.8 cm³/mol. The lowest BCUT2D eigenvalue weighted by atomic mass is 10.0. The number of rotatable bonds is 9. The summed E-state index contributed by atoms with van der Waals surface area (Å²) in [6.45, 7) is 9.05. The number of nitrogens with two attached hydrogens (primary N) is 1. The summed E-state index contributed by atoms with van der Waals surface area (Å²) in [4.78, 5) is 0. The minimum atomic E-state index is 0.823. The summed E-state index contributed by atoms with van der Waals surface area (Å²) in [5, 5.41) is 3.30. The molecule has 1 aromatic rings. The summed E-state index contributed by atoms with van der Waals surface area (Å²) in [5.74, 6) is 2.23. The highest BCUT2D eigenvalue weighted by molar-refractivity contribution is 7.99. The van der Waals surface area contributed by atoms with Crippen LogP contribution in [0.2, 0.25) is 0 Å². The Balaban J connectivity index is 1.72. The maximum atomic E-state index is 5.49. The molecule has 0 saturated carbocycles. The number of anilines is 1. The van der Waals surface area contributed by atoms with Crippen molar-refractivity contribution in [2.45, 2.75) is 32.1 Å². The van der Waals surface area contributed by atoms with Crippen molar-refractivity contribution in [1.29, 1.82) is 0 Å². The number of allylic oxidation sites excluding steroid dienone is 1. The van der Waals surface area contributed by atoms with Crippen molar-refractivity contribution < 1.29 is 0 Å². The number of hydrogen-bond donors (Lipinski definition) is 2. The minimum Gasteiger partial charge on any atom is -0.359 e. The third-order valence-corrected chi connectivity index (χ3v) is 4.88. The van der Waals surface area contributed by atoms with Crippen LogP contribution >= 0.6 is 11.8 Å². The molecule has 0 bridgehead atoms. The lowest BCUT2D eigenvalue weighted by Gasteiger charge is -2.08. The second kappa shape index (κ2) is 8.30. The van der Waals surface area contributed by atoms with Crippen LogP contribution < -0.4 is 11.1 Å². The third-order valence-electron chi connectivity index (χ3n) is 3.75. The van der Waals surface area contributed by atoms with Crippen molar-refractivity contribution in [2.75, 3.05) is 23.4 Å². The number of hydrogen-bond acceptors (Lipinski definition) is 3. The molecule has 0 fully saturated rings. The molecule has 0 amide bonds. The molecule has 0 unspecified atom stereocenters. The van der Waals surface area contributed by atoms with Crippen LogP contribution in [0.5, 0.6) is 0 Å². The highest BCUT2D eigenvalue weighted by Gasteiger charge is 2.13. The summed E-state index contributed by atoms with van der Waals surface area (Å²) >= 11 is 1.98. The van der Waals surface area contributed by atoms with Crippen molar-refractivity contribution >= 4 is 23.0 Å². The normalized spacial score (nSPS) is 13.1. The standard InChI is InChI=1S/C18H26N2S/c1-14(13-21-10-6-4-3-5-9-19)16-7-8-18-17(12-16)11-15(2)20-18/h7-8,12,20H,1-6,9-11,13,19H2. The van der Waals surface area contributed by atoms with Crippen molar-refractivity contribution in [3.05, 3.63) is 48.2 Å². The van der Waals surface area contributed by atoms with Gasteiger partial charge < -0.3 is 11.1 Å². The maximum absolute atomic E-state index is 5.49. The van der Waals surface area contributed by atoms with Gasteiger partial charge in [0.25, 0.3) is 0 Å². The fourth-order valence-corrected chi connectivity index (χ4v) is 3.49. The first-order chi connectivity index (χ1) is 10.2. The van der Waals surface area contributed by atoms with E-state index in [1.54, 1.807) is 0 Å². The number of nitrogens with one attached hydrogen (secondary N) is 1. The highest BCUT2D eigenvalue weighted by atomic mass is 32.2. The molecule has 1 heterocycles. The molecule has 0 radical (unpaired) electrons. The van der Waals surface area contributed by atoms with E-state index in [0.717, 1.165) is 30.8 Å². The van der Waals surface area contributed by atoms with Gasteiger partial charge in [-0.05, 0) is 54.0 Å². The molecule has 2 nitrogen and oxygen atoms in total. The van der Waals surface area contributed by atoms with E-state index in [9.17, 15) is 0 Å². The third kappa shape index (κ3) is 4.94. The molecule has 0 spiro atoms. The largest absolute Gasteiger partial charge is 0.359 e. The first-order valence-corrected chi connectivity index (χ1v) is 8.90. The molecule has 0 saturated heterocycles. The molecule has 3 N–H and O–H groups in total. The zero-order chi connectivity index (χ0) is 15.1. The molecular formula is C18H26N2S. The zero-order valence-corrected chi connectivity index (χ0v) is 13.6. The molecule has 2 rings (SSSR count). The van der Waals surface area contributed by atoms with Gasteiger partial charge in [-0.15, -0.1) is 0 Å². The first kappa shape index (κ1) is 16.2. The van der Waals surface area contributed by atoms with E-state index in [4.69, 9.17) is 5.73 Å². The van der Waals surface area contributed by atoms with E-state index < -0.39 is 0 Å². The molecular weight excluding hydrogens is 276 g/mol. The fourth-order valence-electron chi connectivity index (χ4n) is 2.53. The summed E-state index contributed by atoms with van der Waals surface area (Å²) in [5.41, 5.74) is 11.6. The number of fused-ring (bicyclic) bond motifs is 1. The van der Waals surface area contributed by atoms with Crippen LogP contribution in [0.15, 0.2) is 37.1 Å². The number of benzene rings is 1. The Morgan fingerprint density at radius 1 is 1.24 bits per heavy atom. The Kier molecular flexibility index (Phi) is 6.40. The Morgan fingerprint density at radius 2 is 2.05 bits per heavy atom. The molecule has 0 aromatic heterocycles. The van der Waals surface area contributed by atoms with Crippen LogP contribution in [0, 0.1) is 0 Å². The lowest BCUT2D eigenvalue weighted by molar-refractivity contribution is 0.678. The van der Waals surface area contributed by atoms with E-state index >= 15 is 0 Å². The lowest BCUT2D eigenvalue weighted by Crippen LogP contribution is -1.97. The summed E-state index contributed by atoms with van der Waals surface area (Å²) < 4.78 is 0. The molecule has 0 aliphatic carbocycles. The molecule has 21 heavy (non-hydrogen) atoms. The molecule has 1 aliphatic rings. The highest BCUT2D eigenvalue weighted by Crippen LogP contribution is 2.30. The van der Waals surface area contributed by atoms with Crippen LogP contribution in [0.4, 0.5) is 5.69 Å². The SMILES string of the molecule is C=C1Cc2cc(C(=C)CSCCCCCCN)ccc2N1. The minimum absolute atomic E-state index is 0.823. The summed E-state index contributed by atoms with van der Waals surface area (Å²) in [6.07, 6.45) is 5.94. The van der Waals surface area contributed by atoms with Gasteiger partial charge in [-0.3, -0.25) is 0 Å². The fraction of sp³-hybridized carbons (Fsp3) is 0.444. The van der Waals surface area contributed by atoms with Crippen LogP contribution in [-0.4, -0.2) is 18.1 Å². The Labute approximate surface area is 132 Å². The number of unbranched alkanes of at least 4 members (excludes halogenated alkanes) is 3. The van der Waals surface area contributed by atoms with Gasteiger partial charge in [-0.25, -0.2) is 0 Å². The first-order valence-electron chi connectivity index (χ1n) is 7.74. The average Bonchev–Trinajstić information content (AvgIpc) is 2.85. The average molecular weight is 302 g/mol. The van der Waals surface area contributed by atoms with E-state index in [2.05, 4.69) is 36.7 Å². The van der Waals surface area contributed by atoms with Crippen molar-refractivity contribution in [2.24, 2.45) is 5.73 Å². The van der Waals surface area contributed by atoms with Crippen molar-refractivity contribution in [1.82, 2.24) is 0 Å². The smallest absolute Gasteiger partial charge is 0.0418 e.